The Labute approximate surface area is 127 Å². The van der Waals surface area contributed by atoms with Gasteiger partial charge in [0.2, 0.25) is 0 Å². The van der Waals surface area contributed by atoms with Crippen molar-refractivity contribution in [2.24, 2.45) is 0 Å². The maximum Gasteiger partial charge on any atom is 0.256 e. The Bertz CT molecular complexity index is 430. The summed E-state index contributed by atoms with van der Waals surface area (Å²) in [7, 11) is 0. The minimum Gasteiger partial charge on any atom is -0.494 e. The Morgan fingerprint density at radius 3 is 2.38 bits per heavy atom. The molecule has 0 bridgehead atoms. The van der Waals surface area contributed by atoms with Crippen LogP contribution in [0.25, 0.3) is 0 Å². The lowest BCUT2D eigenvalue weighted by atomic mass is 10.0. The molecule has 1 amide bonds. The molecule has 1 atom stereocenters. The molecule has 0 radical (unpaired) electrons. The summed E-state index contributed by atoms with van der Waals surface area (Å²) in [5.41, 5.74) is -0.0346. The number of benzene rings is 1. The van der Waals surface area contributed by atoms with Crippen molar-refractivity contribution < 1.29 is 14.3 Å². The van der Waals surface area contributed by atoms with Gasteiger partial charge in [-0.25, -0.2) is 0 Å². The molecule has 0 aliphatic heterocycles. The quantitative estimate of drug-likeness (QED) is 0.700. The molecule has 0 unspecified atom stereocenters. The van der Waals surface area contributed by atoms with Crippen molar-refractivity contribution in [1.29, 1.82) is 0 Å². The number of amides is 1. The highest BCUT2D eigenvalue weighted by Crippen LogP contribution is 2.20. The molecule has 0 aromatic heterocycles. The van der Waals surface area contributed by atoms with Crippen LogP contribution in [0.4, 0.5) is 5.69 Å². The Morgan fingerprint density at radius 1 is 1.19 bits per heavy atom. The van der Waals surface area contributed by atoms with E-state index in [0.717, 1.165) is 30.9 Å². The lowest BCUT2D eigenvalue weighted by molar-refractivity contribution is -0.139. The monoisotopic (exact) mass is 293 g/mol. The summed E-state index contributed by atoms with van der Waals surface area (Å²) >= 11 is 0. The second-order valence-electron chi connectivity index (χ2n) is 5.20. The first-order chi connectivity index (χ1) is 10.1. The maximum absolute atomic E-state index is 12.3. The van der Waals surface area contributed by atoms with Crippen molar-refractivity contribution in [1.82, 2.24) is 0 Å². The standard InChI is InChI=1S/C17H27NO3/c1-5-8-13-20-15-11-9-14(10-12-15)18-16(19)17(4,6-2)21-7-3/h9-12H,5-8,13H2,1-4H3,(H,18,19)/t17-/m0/s1. The number of hydrogen-bond donors (Lipinski definition) is 1. The van der Waals surface area contributed by atoms with Gasteiger partial charge in [-0.1, -0.05) is 20.3 Å². The fourth-order valence-corrected chi connectivity index (χ4v) is 1.88. The van der Waals surface area contributed by atoms with Gasteiger partial charge in [0.1, 0.15) is 11.4 Å². The van der Waals surface area contributed by atoms with Crippen molar-refractivity contribution in [2.45, 2.75) is 52.6 Å². The first kappa shape index (κ1) is 17.5. The minimum atomic E-state index is -0.787. The predicted octanol–water partition coefficient (Wildman–Crippen LogP) is 4.01. The van der Waals surface area contributed by atoms with Crippen LogP contribution in [0.1, 0.15) is 47.0 Å². The van der Waals surface area contributed by atoms with Crippen LogP contribution in [-0.2, 0) is 9.53 Å². The summed E-state index contributed by atoms with van der Waals surface area (Å²) in [6, 6.07) is 7.44. The number of hydrogen-bond acceptors (Lipinski definition) is 3. The highest BCUT2D eigenvalue weighted by Gasteiger charge is 2.31. The van der Waals surface area contributed by atoms with Crippen LogP contribution >= 0.6 is 0 Å². The molecule has 4 heteroatoms. The molecule has 0 spiro atoms. The fraction of sp³-hybridized carbons (Fsp3) is 0.588. The van der Waals surface area contributed by atoms with Crippen molar-refractivity contribution in [2.75, 3.05) is 18.5 Å². The average molecular weight is 293 g/mol. The molecule has 0 fully saturated rings. The number of carbonyl (C=O) groups is 1. The zero-order valence-corrected chi connectivity index (χ0v) is 13.6. The van der Waals surface area contributed by atoms with Crippen molar-refractivity contribution in [3.8, 4) is 5.75 Å². The Hall–Kier alpha value is -1.55. The summed E-state index contributed by atoms with van der Waals surface area (Å²) in [6.07, 6.45) is 2.79. The SMILES string of the molecule is CCCCOc1ccc(NC(=O)[C@](C)(CC)OCC)cc1. The van der Waals surface area contributed by atoms with E-state index in [9.17, 15) is 4.79 Å². The zero-order valence-electron chi connectivity index (χ0n) is 13.6. The average Bonchev–Trinajstić information content (AvgIpc) is 2.49. The second-order valence-corrected chi connectivity index (χ2v) is 5.20. The van der Waals surface area contributed by atoms with E-state index in [1.54, 1.807) is 0 Å². The number of ether oxygens (including phenoxy) is 2. The number of carbonyl (C=O) groups excluding carboxylic acids is 1. The Kier molecular flexibility index (Phi) is 7.23. The second kappa shape index (κ2) is 8.67. The van der Waals surface area contributed by atoms with Gasteiger partial charge in [0.05, 0.1) is 6.61 Å². The van der Waals surface area contributed by atoms with Crippen LogP contribution in [0.3, 0.4) is 0 Å². The number of nitrogens with one attached hydrogen (secondary N) is 1. The third-order valence-electron chi connectivity index (χ3n) is 3.50. The third kappa shape index (κ3) is 5.38. The molecule has 0 aliphatic carbocycles. The molecule has 0 saturated carbocycles. The summed E-state index contributed by atoms with van der Waals surface area (Å²) < 4.78 is 11.2. The van der Waals surface area contributed by atoms with Gasteiger partial charge in [-0.05, 0) is 51.0 Å². The predicted molar refractivity (Wildman–Crippen MR) is 85.8 cm³/mol. The van der Waals surface area contributed by atoms with Crippen molar-refractivity contribution in [3.05, 3.63) is 24.3 Å². The van der Waals surface area contributed by atoms with E-state index in [1.807, 2.05) is 45.0 Å². The molecule has 1 aromatic carbocycles. The summed E-state index contributed by atoms with van der Waals surface area (Å²) in [5.74, 6) is 0.705. The van der Waals surface area contributed by atoms with Crippen molar-refractivity contribution >= 4 is 11.6 Å². The normalized spacial score (nSPS) is 13.5. The lowest BCUT2D eigenvalue weighted by Gasteiger charge is -2.26. The van der Waals surface area contributed by atoms with Crippen molar-refractivity contribution in [3.63, 3.8) is 0 Å². The van der Waals surface area contributed by atoms with Crippen LogP contribution in [0.5, 0.6) is 5.75 Å². The van der Waals surface area contributed by atoms with Crippen LogP contribution in [0, 0.1) is 0 Å². The van der Waals surface area contributed by atoms with E-state index < -0.39 is 5.60 Å². The van der Waals surface area contributed by atoms with E-state index in [4.69, 9.17) is 9.47 Å². The largest absolute Gasteiger partial charge is 0.494 e. The maximum atomic E-state index is 12.3. The van der Waals surface area contributed by atoms with Gasteiger partial charge in [0.15, 0.2) is 0 Å². The first-order valence-corrected chi connectivity index (χ1v) is 7.74. The topological polar surface area (TPSA) is 47.6 Å². The van der Waals surface area contributed by atoms with Gasteiger partial charge in [-0.3, -0.25) is 4.79 Å². The molecular formula is C17H27NO3. The molecule has 0 saturated heterocycles. The van der Waals surface area contributed by atoms with Gasteiger partial charge in [-0.2, -0.15) is 0 Å². The first-order valence-electron chi connectivity index (χ1n) is 7.74. The van der Waals surface area contributed by atoms with E-state index in [0.29, 0.717) is 13.0 Å². The summed E-state index contributed by atoms with van der Waals surface area (Å²) in [4.78, 5) is 12.3. The van der Waals surface area contributed by atoms with E-state index in [-0.39, 0.29) is 5.91 Å². The number of anilines is 1. The van der Waals surface area contributed by atoms with Gasteiger partial charge in [-0.15, -0.1) is 0 Å². The smallest absolute Gasteiger partial charge is 0.256 e. The van der Waals surface area contributed by atoms with Crippen LogP contribution < -0.4 is 10.1 Å². The summed E-state index contributed by atoms with van der Waals surface area (Å²) in [5, 5.41) is 2.89. The highest BCUT2D eigenvalue weighted by molar-refractivity contribution is 5.97. The molecule has 1 N–H and O–H groups in total. The lowest BCUT2D eigenvalue weighted by Crippen LogP contribution is -2.42. The van der Waals surface area contributed by atoms with Gasteiger partial charge < -0.3 is 14.8 Å². The molecule has 21 heavy (non-hydrogen) atoms. The minimum absolute atomic E-state index is 0.119. The molecule has 1 aromatic rings. The van der Waals surface area contributed by atoms with E-state index in [2.05, 4.69) is 12.2 Å². The van der Waals surface area contributed by atoms with Gasteiger partial charge >= 0.3 is 0 Å². The van der Waals surface area contributed by atoms with Gasteiger partial charge in [0, 0.05) is 12.3 Å². The molecule has 0 heterocycles. The summed E-state index contributed by atoms with van der Waals surface area (Å²) in [6.45, 7) is 9.02. The van der Waals surface area contributed by atoms with E-state index in [1.165, 1.54) is 0 Å². The van der Waals surface area contributed by atoms with Crippen LogP contribution in [0.2, 0.25) is 0 Å². The van der Waals surface area contributed by atoms with E-state index >= 15 is 0 Å². The molecule has 1 rings (SSSR count). The Balaban J connectivity index is 2.60. The third-order valence-corrected chi connectivity index (χ3v) is 3.50. The molecule has 118 valence electrons. The molecular weight excluding hydrogens is 266 g/mol. The highest BCUT2D eigenvalue weighted by atomic mass is 16.5. The zero-order chi connectivity index (χ0) is 15.7. The Morgan fingerprint density at radius 2 is 1.86 bits per heavy atom. The molecule has 0 aliphatic rings. The van der Waals surface area contributed by atoms with Crippen LogP contribution in [-0.4, -0.2) is 24.7 Å². The number of rotatable bonds is 9. The number of unbranched alkanes of at least 4 members (excludes halogenated alkanes) is 1. The van der Waals surface area contributed by atoms with Crippen LogP contribution in [0.15, 0.2) is 24.3 Å². The van der Waals surface area contributed by atoms with Gasteiger partial charge in [0.25, 0.3) is 5.91 Å². The molecule has 4 nitrogen and oxygen atoms in total. The fourth-order valence-electron chi connectivity index (χ4n) is 1.88.